The highest BCUT2D eigenvalue weighted by atomic mass is 35.5. The van der Waals surface area contributed by atoms with Crippen molar-refractivity contribution in [2.75, 3.05) is 7.11 Å². The molecule has 1 nitrogen and oxygen atoms in total. The Morgan fingerprint density at radius 3 is 1.22 bits per heavy atom. The molecule has 0 amide bonds. The summed E-state index contributed by atoms with van der Waals surface area (Å²) < 4.78 is 232. The highest BCUT2D eigenvalue weighted by molar-refractivity contribution is 6.30. The van der Waals surface area contributed by atoms with Gasteiger partial charge in [0.1, 0.15) is 0 Å². The number of methoxy groups -OCH3 is 1. The van der Waals surface area contributed by atoms with Crippen LogP contribution in [0.4, 0.5) is 74.6 Å². The van der Waals surface area contributed by atoms with Crippen LogP contribution in [0.5, 0.6) is 0 Å². The minimum Gasteiger partial charge on any atom is -0.374 e. The molecule has 0 saturated carbocycles. The molecule has 0 bridgehead atoms. The van der Waals surface area contributed by atoms with Gasteiger partial charge in [0.05, 0.1) is 12.0 Å². The molecule has 1 aromatic carbocycles. The smallest absolute Gasteiger partial charge is 0.374 e. The van der Waals surface area contributed by atoms with Crippen LogP contribution in [0.1, 0.15) is 18.9 Å². The molecule has 1 rings (SSSR count). The van der Waals surface area contributed by atoms with Gasteiger partial charge in [-0.15, -0.1) is 0 Å². The molecular weight excluding hydrogens is 591 g/mol. The van der Waals surface area contributed by atoms with Crippen LogP contribution in [0.2, 0.25) is 5.02 Å². The maximum absolute atomic E-state index is 14.4. The van der Waals surface area contributed by atoms with E-state index < -0.39 is 65.2 Å². The molecule has 0 aliphatic rings. The predicted molar refractivity (Wildman–Crippen MR) is 91.1 cm³/mol. The van der Waals surface area contributed by atoms with Gasteiger partial charge in [-0.25, -0.2) is 0 Å². The SMILES string of the molecule is COC(C)(CC(F)(F)C(F)(F)C(F)(F)C(F)(F)C(F)(F)C(F)(F)C(F)(F)C(F)(F)F)c1ccc(Cl)cc1. The van der Waals surface area contributed by atoms with Crippen LogP contribution in [-0.2, 0) is 10.3 Å². The molecule has 1 unspecified atom stereocenters. The van der Waals surface area contributed by atoms with Crippen molar-refractivity contribution >= 4 is 11.6 Å². The van der Waals surface area contributed by atoms with Gasteiger partial charge in [0.2, 0.25) is 0 Å². The Morgan fingerprint density at radius 1 is 0.568 bits per heavy atom. The number of benzene rings is 1. The third kappa shape index (κ3) is 4.80. The maximum atomic E-state index is 14.4. The van der Waals surface area contributed by atoms with Crippen LogP contribution in [0.25, 0.3) is 0 Å². The lowest BCUT2D eigenvalue weighted by atomic mass is 9.83. The van der Waals surface area contributed by atoms with Crippen molar-refractivity contribution in [3.63, 3.8) is 0 Å². The molecule has 216 valence electrons. The van der Waals surface area contributed by atoms with Crippen LogP contribution >= 0.6 is 11.6 Å². The molecule has 0 radical (unpaired) electrons. The Morgan fingerprint density at radius 2 is 0.892 bits per heavy atom. The van der Waals surface area contributed by atoms with E-state index in [4.69, 9.17) is 11.6 Å². The average molecular weight is 603 g/mol. The summed E-state index contributed by atoms with van der Waals surface area (Å²) in [6.07, 6.45) is -10.5. The molecule has 19 heteroatoms. The minimum atomic E-state index is -8.66. The van der Waals surface area contributed by atoms with Crippen LogP contribution in [0, 0.1) is 0 Å². The lowest BCUT2D eigenvalue weighted by Gasteiger charge is -2.44. The Balaban J connectivity index is 3.65. The number of hydrogen-bond acceptors (Lipinski definition) is 1. The van der Waals surface area contributed by atoms with Gasteiger partial charge in [-0.05, 0) is 24.6 Å². The van der Waals surface area contributed by atoms with Gasteiger partial charge in [-0.1, -0.05) is 23.7 Å². The van der Waals surface area contributed by atoms with Crippen LogP contribution < -0.4 is 0 Å². The Kier molecular flexibility index (Phi) is 8.27. The van der Waals surface area contributed by atoms with Gasteiger partial charge in [0.15, 0.2) is 0 Å². The lowest BCUT2D eigenvalue weighted by Crippen LogP contribution is -2.74. The third-order valence-corrected chi connectivity index (χ3v) is 5.50. The van der Waals surface area contributed by atoms with E-state index in [1.165, 1.54) is 0 Å². The van der Waals surface area contributed by atoms with Crippen molar-refractivity contribution in [3.05, 3.63) is 34.9 Å². The highest BCUT2D eigenvalue weighted by Gasteiger charge is 2.95. The molecule has 0 fully saturated rings. The zero-order chi connectivity index (χ0) is 29.9. The van der Waals surface area contributed by atoms with E-state index in [9.17, 15) is 74.6 Å². The zero-order valence-corrected chi connectivity index (χ0v) is 18.5. The predicted octanol–water partition coefficient (Wildman–Crippen LogP) is 8.60. The first-order valence-corrected chi connectivity index (χ1v) is 9.42. The molecule has 0 spiro atoms. The highest BCUT2D eigenvalue weighted by Crippen LogP contribution is 2.64. The Labute approximate surface area is 200 Å². The first-order valence-electron chi connectivity index (χ1n) is 9.04. The monoisotopic (exact) mass is 602 g/mol. The van der Waals surface area contributed by atoms with Gasteiger partial charge >= 0.3 is 47.6 Å². The van der Waals surface area contributed by atoms with E-state index >= 15 is 0 Å². The summed E-state index contributed by atoms with van der Waals surface area (Å²) in [6, 6.07) is 3.44. The fraction of sp³-hybridized carbons (Fsp3) is 0.667. The van der Waals surface area contributed by atoms with E-state index in [0.29, 0.717) is 14.0 Å². The maximum Gasteiger partial charge on any atom is 0.460 e. The molecule has 0 aliphatic heterocycles. The molecule has 0 N–H and O–H groups in total. The number of alkyl halides is 17. The molecule has 0 aliphatic carbocycles. The van der Waals surface area contributed by atoms with Gasteiger partial charge in [0, 0.05) is 12.1 Å². The molecular formula is C18H12ClF17O. The van der Waals surface area contributed by atoms with Crippen molar-refractivity contribution in [2.45, 2.75) is 66.6 Å². The van der Waals surface area contributed by atoms with Crippen molar-refractivity contribution < 1.29 is 79.4 Å². The summed E-state index contributed by atoms with van der Waals surface area (Å²) >= 11 is 5.51. The minimum absolute atomic E-state index is 0.0933. The molecule has 1 aromatic rings. The summed E-state index contributed by atoms with van der Waals surface area (Å²) in [6.45, 7) is 0.489. The molecule has 0 saturated heterocycles. The van der Waals surface area contributed by atoms with E-state index in [1.807, 2.05) is 0 Å². The van der Waals surface area contributed by atoms with Crippen LogP contribution in [0.3, 0.4) is 0 Å². The summed E-state index contributed by atoms with van der Waals surface area (Å²) in [5, 5.41) is -0.0933. The number of rotatable bonds is 10. The summed E-state index contributed by atoms with van der Waals surface area (Å²) in [5.74, 6) is -56.7. The summed E-state index contributed by atoms with van der Waals surface area (Å²) in [4.78, 5) is 0. The quantitative estimate of drug-likeness (QED) is 0.244. The normalized spacial score (nSPS) is 17.1. The van der Waals surface area contributed by atoms with Crippen molar-refractivity contribution in [2.24, 2.45) is 0 Å². The molecule has 0 aromatic heterocycles. The van der Waals surface area contributed by atoms with E-state index in [1.54, 1.807) is 0 Å². The van der Waals surface area contributed by atoms with Crippen LogP contribution in [0.15, 0.2) is 24.3 Å². The number of hydrogen-bond donors (Lipinski definition) is 0. The molecule has 37 heavy (non-hydrogen) atoms. The van der Waals surface area contributed by atoms with Crippen LogP contribution in [-0.4, -0.2) is 54.7 Å². The number of halogens is 18. The van der Waals surface area contributed by atoms with Gasteiger partial charge in [-0.2, -0.15) is 74.6 Å². The topological polar surface area (TPSA) is 9.23 Å². The summed E-state index contributed by atoms with van der Waals surface area (Å²) in [5.41, 5.74) is -3.38. The second-order valence-electron chi connectivity index (χ2n) is 7.77. The second kappa shape index (κ2) is 9.19. The first kappa shape index (κ1) is 33.3. The standard InChI is InChI=1S/C18H12ClF17O/c1-10(37-2,8-3-5-9(19)6-4-8)7-11(20,21)12(22,23)13(24,25)14(26,27)15(28,29)16(30,31)17(32,33)18(34,35)36/h3-6H,7H2,1-2H3. The number of ether oxygens (including phenoxy) is 1. The van der Waals surface area contributed by atoms with Crippen molar-refractivity contribution in [1.82, 2.24) is 0 Å². The second-order valence-corrected chi connectivity index (χ2v) is 8.20. The molecule has 1 atom stereocenters. The van der Waals surface area contributed by atoms with E-state index in [2.05, 4.69) is 4.74 Å². The van der Waals surface area contributed by atoms with E-state index in [-0.39, 0.29) is 5.02 Å². The van der Waals surface area contributed by atoms with Crippen molar-refractivity contribution in [3.8, 4) is 0 Å². The Bertz CT molecular complexity index is 954. The summed E-state index contributed by atoms with van der Waals surface area (Å²) in [7, 11) is 0.517. The third-order valence-electron chi connectivity index (χ3n) is 5.25. The van der Waals surface area contributed by atoms with Gasteiger partial charge < -0.3 is 4.74 Å². The van der Waals surface area contributed by atoms with Crippen molar-refractivity contribution in [1.29, 1.82) is 0 Å². The fourth-order valence-corrected chi connectivity index (χ4v) is 2.95. The Hall–Kier alpha value is -1.72. The largest absolute Gasteiger partial charge is 0.460 e. The van der Waals surface area contributed by atoms with Gasteiger partial charge in [-0.3, -0.25) is 0 Å². The lowest BCUT2D eigenvalue weighted by molar-refractivity contribution is -0.462. The fourth-order valence-electron chi connectivity index (χ4n) is 2.83. The van der Waals surface area contributed by atoms with E-state index in [0.717, 1.165) is 24.3 Å². The first-order chi connectivity index (χ1) is 16.0. The molecule has 0 heterocycles. The zero-order valence-electron chi connectivity index (χ0n) is 17.7. The van der Waals surface area contributed by atoms with Gasteiger partial charge in [0.25, 0.3) is 0 Å². The average Bonchev–Trinajstić information content (AvgIpc) is 2.72.